The first-order valence-electron chi connectivity index (χ1n) is 8.02. The summed E-state index contributed by atoms with van der Waals surface area (Å²) < 4.78 is 1.78. The van der Waals surface area contributed by atoms with E-state index in [0.717, 1.165) is 23.6 Å². The number of anilines is 2. The van der Waals surface area contributed by atoms with Gasteiger partial charge in [0.25, 0.3) is 0 Å². The van der Waals surface area contributed by atoms with Crippen LogP contribution in [0.2, 0.25) is 0 Å². The summed E-state index contributed by atoms with van der Waals surface area (Å²) in [6, 6.07) is 8.37. The Labute approximate surface area is 144 Å². The lowest BCUT2D eigenvalue weighted by molar-refractivity contribution is -0.117. The summed E-state index contributed by atoms with van der Waals surface area (Å²) >= 11 is 0. The number of aryl methyl sites for hydroxylation is 2. The predicted octanol–water partition coefficient (Wildman–Crippen LogP) is 2.17. The fraction of sp³-hybridized carbons (Fsp3) is 0.444. The topological polar surface area (TPSA) is 53.4 Å². The molecule has 0 atom stereocenters. The maximum atomic E-state index is 12.3. The SMILES string of the molecule is Cc1nn(C)c(C)c1NC(=O)CN(C)Cc1ccc(N(C)C)cc1. The Hall–Kier alpha value is -2.34. The van der Waals surface area contributed by atoms with Gasteiger partial charge in [0.05, 0.1) is 23.6 Å². The maximum absolute atomic E-state index is 12.3. The van der Waals surface area contributed by atoms with Gasteiger partial charge in [0.2, 0.25) is 5.91 Å². The van der Waals surface area contributed by atoms with E-state index in [9.17, 15) is 4.79 Å². The number of carbonyl (C=O) groups is 1. The van der Waals surface area contributed by atoms with E-state index in [-0.39, 0.29) is 5.91 Å². The minimum Gasteiger partial charge on any atom is -0.378 e. The van der Waals surface area contributed by atoms with Crippen molar-refractivity contribution >= 4 is 17.3 Å². The van der Waals surface area contributed by atoms with Crippen LogP contribution in [0.4, 0.5) is 11.4 Å². The monoisotopic (exact) mass is 329 g/mol. The largest absolute Gasteiger partial charge is 0.378 e. The van der Waals surface area contributed by atoms with Gasteiger partial charge in [-0.2, -0.15) is 5.10 Å². The molecular formula is C18H27N5O. The number of likely N-dealkylation sites (N-methyl/N-ethyl adjacent to an activating group) is 1. The van der Waals surface area contributed by atoms with E-state index in [1.807, 2.05) is 46.9 Å². The van der Waals surface area contributed by atoms with Crippen molar-refractivity contribution in [1.29, 1.82) is 0 Å². The zero-order chi connectivity index (χ0) is 17.9. The molecule has 1 amide bonds. The Morgan fingerprint density at radius 3 is 2.29 bits per heavy atom. The van der Waals surface area contributed by atoms with E-state index in [0.29, 0.717) is 6.54 Å². The molecule has 2 aromatic rings. The molecule has 130 valence electrons. The molecule has 1 N–H and O–H groups in total. The molecule has 1 heterocycles. The lowest BCUT2D eigenvalue weighted by atomic mass is 10.2. The molecule has 0 spiro atoms. The molecule has 2 rings (SSSR count). The molecule has 0 aliphatic rings. The molecule has 6 nitrogen and oxygen atoms in total. The summed E-state index contributed by atoms with van der Waals surface area (Å²) in [5.74, 6) is -0.0263. The first-order chi connectivity index (χ1) is 11.3. The van der Waals surface area contributed by atoms with Crippen LogP contribution in [-0.4, -0.2) is 48.3 Å². The Kier molecular flexibility index (Phi) is 5.62. The summed E-state index contributed by atoms with van der Waals surface area (Å²) in [5, 5.41) is 7.29. The number of hydrogen-bond donors (Lipinski definition) is 1. The van der Waals surface area contributed by atoms with Crippen LogP contribution in [0.15, 0.2) is 24.3 Å². The van der Waals surface area contributed by atoms with E-state index in [4.69, 9.17) is 0 Å². The van der Waals surface area contributed by atoms with Crippen molar-refractivity contribution in [3.05, 3.63) is 41.2 Å². The highest BCUT2D eigenvalue weighted by atomic mass is 16.2. The zero-order valence-electron chi connectivity index (χ0n) is 15.4. The highest BCUT2D eigenvalue weighted by Gasteiger charge is 2.14. The smallest absolute Gasteiger partial charge is 0.238 e. The van der Waals surface area contributed by atoms with Gasteiger partial charge in [0.15, 0.2) is 0 Å². The van der Waals surface area contributed by atoms with Crippen LogP contribution < -0.4 is 10.2 Å². The van der Waals surface area contributed by atoms with Gasteiger partial charge in [0, 0.05) is 33.4 Å². The quantitative estimate of drug-likeness (QED) is 0.882. The van der Waals surface area contributed by atoms with Crippen molar-refractivity contribution in [3.8, 4) is 0 Å². The average molecular weight is 329 g/mol. The van der Waals surface area contributed by atoms with Gasteiger partial charge in [0.1, 0.15) is 0 Å². The first kappa shape index (κ1) is 18.0. The first-order valence-corrected chi connectivity index (χ1v) is 8.02. The summed E-state index contributed by atoms with van der Waals surface area (Å²) in [6.07, 6.45) is 0. The van der Waals surface area contributed by atoms with Crippen molar-refractivity contribution < 1.29 is 4.79 Å². The molecule has 0 saturated heterocycles. The normalized spacial score (nSPS) is 11.0. The lowest BCUT2D eigenvalue weighted by Crippen LogP contribution is -2.30. The third-order valence-electron chi connectivity index (χ3n) is 4.09. The third kappa shape index (κ3) is 4.35. The number of nitrogens with one attached hydrogen (secondary N) is 1. The predicted molar refractivity (Wildman–Crippen MR) is 98.4 cm³/mol. The molecule has 1 aromatic heterocycles. The van der Waals surface area contributed by atoms with Gasteiger partial charge in [-0.3, -0.25) is 14.4 Å². The average Bonchev–Trinajstić information content (AvgIpc) is 2.74. The Morgan fingerprint density at radius 2 is 1.79 bits per heavy atom. The van der Waals surface area contributed by atoms with Crippen LogP contribution >= 0.6 is 0 Å². The number of amides is 1. The Balaban J connectivity index is 1.91. The summed E-state index contributed by atoms with van der Waals surface area (Å²) in [7, 11) is 7.87. The van der Waals surface area contributed by atoms with Gasteiger partial charge in [-0.1, -0.05) is 12.1 Å². The van der Waals surface area contributed by atoms with Crippen molar-refractivity contribution in [1.82, 2.24) is 14.7 Å². The second-order valence-corrected chi connectivity index (χ2v) is 6.45. The van der Waals surface area contributed by atoms with E-state index in [1.54, 1.807) is 4.68 Å². The van der Waals surface area contributed by atoms with Crippen LogP contribution in [0.25, 0.3) is 0 Å². The number of nitrogens with zero attached hydrogens (tertiary/aromatic N) is 4. The van der Waals surface area contributed by atoms with E-state index >= 15 is 0 Å². The summed E-state index contributed by atoms with van der Waals surface area (Å²) in [4.78, 5) is 16.3. The van der Waals surface area contributed by atoms with Crippen LogP contribution in [0, 0.1) is 13.8 Å². The number of hydrogen-bond acceptors (Lipinski definition) is 4. The number of benzene rings is 1. The number of aromatic nitrogens is 2. The molecule has 0 aliphatic carbocycles. The zero-order valence-corrected chi connectivity index (χ0v) is 15.4. The molecule has 0 fully saturated rings. The molecule has 24 heavy (non-hydrogen) atoms. The Bertz CT molecular complexity index is 703. The second-order valence-electron chi connectivity index (χ2n) is 6.45. The minimum absolute atomic E-state index is 0.0263. The molecule has 0 radical (unpaired) electrons. The lowest BCUT2D eigenvalue weighted by Gasteiger charge is -2.18. The minimum atomic E-state index is -0.0263. The molecule has 1 aromatic carbocycles. The van der Waals surface area contributed by atoms with Crippen LogP contribution in [0.5, 0.6) is 0 Å². The highest BCUT2D eigenvalue weighted by Crippen LogP contribution is 2.18. The highest BCUT2D eigenvalue weighted by molar-refractivity contribution is 5.93. The molecule has 0 bridgehead atoms. The molecule has 0 saturated carbocycles. The standard InChI is InChI=1S/C18H27N5O/c1-13-18(14(2)23(6)20-13)19-17(24)12-22(5)11-15-7-9-16(10-8-15)21(3)4/h7-10H,11-12H2,1-6H3,(H,19,24). The van der Waals surface area contributed by atoms with Crippen LogP contribution in [0.3, 0.4) is 0 Å². The molecule has 0 unspecified atom stereocenters. The van der Waals surface area contributed by atoms with Crippen molar-refractivity contribution in [2.75, 3.05) is 37.9 Å². The number of rotatable bonds is 6. The van der Waals surface area contributed by atoms with E-state index in [2.05, 4.69) is 39.6 Å². The van der Waals surface area contributed by atoms with Crippen LogP contribution in [-0.2, 0) is 18.4 Å². The van der Waals surface area contributed by atoms with E-state index in [1.165, 1.54) is 11.3 Å². The van der Waals surface area contributed by atoms with Crippen molar-refractivity contribution in [3.63, 3.8) is 0 Å². The van der Waals surface area contributed by atoms with Crippen molar-refractivity contribution in [2.45, 2.75) is 20.4 Å². The molecule has 0 aliphatic heterocycles. The van der Waals surface area contributed by atoms with Crippen LogP contribution in [0.1, 0.15) is 17.0 Å². The fourth-order valence-electron chi connectivity index (χ4n) is 2.65. The van der Waals surface area contributed by atoms with E-state index < -0.39 is 0 Å². The van der Waals surface area contributed by atoms with Gasteiger partial charge in [-0.05, 0) is 38.6 Å². The third-order valence-corrected chi connectivity index (χ3v) is 4.09. The maximum Gasteiger partial charge on any atom is 0.238 e. The molecule has 6 heteroatoms. The Morgan fingerprint density at radius 1 is 1.17 bits per heavy atom. The fourth-order valence-corrected chi connectivity index (χ4v) is 2.65. The molecular weight excluding hydrogens is 302 g/mol. The summed E-state index contributed by atoms with van der Waals surface area (Å²) in [5.41, 5.74) is 4.96. The number of carbonyl (C=O) groups excluding carboxylic acids is 1. The van der Waals surface area contributed by atoms with Gasteiger partial charge >= 0.3 is 0 Å². The summed E-state index contributed by atoms with van der Waals surface area (Å²) in [6.45, 7) is 4.92. The van der Waals surface area contributed by atoms with Gasteiger partial charge < -0.3 is 10.2 Å². The van der Waals surface area contributed by atoms with Gasteiger partial charge in [-0.15, -0.1) is 0 Å². The van der Waals surface area contributed by atoms with Gasteiger partial charge in [-0.25, -0.2) is 0 Å². The van der Waals surface area contributed by atoms with Crippen molar-refractivity contribution in [2.24, 2.45) is 7.05 Å². The second kappa shape index (κ2) is 7.49.